The zero-order valence-corrected chi connectivity index (χ0v) is 12.3. The minimum atomic E-state index is -1.53. The fourth-order valence-corrected chi connectivity index (χ4v) is 2.52. The summed E-state index contributed by atoms with van der Waals surface area (Å²) in [6, 6.07) is 0. The van der Waals surface area contributed by atoms with Gasteiger partial charge >= 0.3 is 18.9 Å². The van der Waals surface area contributed by atoms with E-state index in [2.05, 4.69) is 54.1 Å². The molecule has 1 nitrogen and oxygen atoms in total. The summed E-state index contributed by atoms with van der Waals surface area (Å²) in [7, 11) is -1.53. The van der Waals surface area contributed by atoms with E-state index in [0.717, 1.165) is 6.42 Å². The van der Waals surface area contributed by atoms with Crippen molar-refractivity contribution in [1.29, 1.82) is 0 Å². The molecule has 0 saturated carbocycles. The molecule has 0 aliphatic rings. The van der Waals surface area contributed by atoms with Crippen LogP contribution in [0.2, 0.25) is 18.1 Å². The summed E-state index contributed by atoms with van der Waals surface area (Å²) in [6.45, 7) is 15.7. The van der Waals surface area contributed by atoms with Crippen LogP contribution in [-0.4, -0.2) is 14.4 Å². The van der Waals surface area contributed by atoms with Crippen LogP contribution in [0.5, 0.6) is 0 Å². The molecule has 0 unspecified atom stereocenters. The van der Waals surface area contributed by atoms with E-state index >= 15 is 0 Å². The first-order chi connectivity index (χ1) is 5.70. The van der Waals surface area contributed by atoms with Crippen molar-refractivity contribution in [2.45, 2.75) is 65.3 Å². The van der Waals surface area contributed by atoms with Gasteiger partial charge in [-0.3, -0.25) is 0 Å². The fourth-order valence-electron chi connectivity index (χ4n) is 1.06. The Kier molecular flexibility index (Phi) is 7.82. The smallest absolute Gasteiger partial charge is 0.417 e. The maximum Gasteiger partial charge on any atom is 1.00 e. The Morgan fingerprint density at radius 1 is 1.29 bits per heavy atom. The number of rotatable bonds is 4. The van der Waals surface area contributed by atoms with Crippen LogP contribution in [-0.2, 0) is 4.43 Å². The van der Waals surface area contributed by atoms with Gasteiger partial charge in [-0.1, -0.05) is 20.8 Å². The molecule has 3 heteroatoms. The molecule has 0 rings (SSSR count). The Hall–Kier alpha value is 0.774. The van der Waals surface area contributed by atoms with Crippen molar-refractivity contribution in [2.24, 2.45) is 0 Å². The summed E-state index contributed by atoms with van der Waals surface area (Å²) < 4.78 is 6.15. The van der Waals surface area contributed by atoms with E-state index in [9.17, 15) is 0 Å². The molecule has 0 spiro atoms. The first kappa shape index (κ1) is 17.2. The quantitative estimate of drug-likeness (QED) is 0.495. The van der Waals surface area contributed by atoms with Gasteiger partial charge in [0.1, 0.15) is 0 Å². The molecule has 0 saturated heterocycles. The van der Waals surface area contributed by atoms with Crippen LogP contribution < -0.4 is 18.9 Å². The standard InChI is InChI=1S/C11H25OSi.Li/c1-8-9-10(2)12-13(6,7)11(3,4)5;/h8,10H,9H2,1-7H3;/q-1;+1/t10-;/m1./s1. The van der Waals surface area contributed by atoms with Gasteiger partial charge in [0.05, 0.1) is 0 Å². The SMILES string of the molecule is C[CH-]C[C@@H](C)O[Si](C)(C)C(C)(C)C.[Li+]. The molecular weight excluding hydrogens is 183 g/mol. The van der Waals surface area contributed by atoms with E-state index in [1.165, 1.54) is 0 Å². The monoisotopic (exact) mass is 208 g/mol. The van der Waals surface area contributed by atoms with E-state index < -0.39 is 8.32 Å². The molecule has 0 radical (unpaired) electrons. The van der Waals surface area contributed by atoms with Crippen molar-refractivity contribution >= 4 is 8.32 Å². The van der Waals surface area contributed by atoms with Gasteiger partial charge in [0.2, 0.25) is 0 Å². The second kappa shape index (κ2) is 6.38. The molecule has 1 atom stereocenters. The van der Waals surface area contributed by atoms with Gasteiger partial charge in [-0.05, 0) is 25.1 Å². The molecule has 0 bridgehead atoms. The van der Waals surface area contributed by atoms with Crippen LogP contribution >= 0.6 is 0 Å². The predicted octanol–water partition coefficient (Wildman–Crippen LogP) is 1.01. The van der Waals surface area contributed by atoms with Crippen molar-refractivity contribution in [3.05, 3.63) is 6.42 Å². The van der Waals surface area contributed by atoms with Crippen LogP contribution in [0.25, 0.3) is 0 Å². The summed E-state index contributed by atoms with van der Waals surface area (Å²) in [5.41, 5.74) is 0. The van der Waals surface area contributed by atoms with Gasteiger partial charge in [-0.25, -0.2) is 0 Å². The zero-order chi connectivity index (χ0) is 10.7. The molecule has 0 aromatic carbocycles. The Labute approximate surface area is 103 Å². The molecule has 80 valence electrons. The third kappa shape index (κ3) is 5.61. The third-order valence-electron chi connectivity index (χ3n) is 2.87. The van der Waals surface area contributed by atoms with Gasteiger partial charge in [0.15, 0.2) is 8.32 Å². The van der Waals surface area contributed by atoms with Crippen LogP contribution in [0.3, 0.4) is 0 Å². The van der Waals surface area contributed by atoms with Gasteiger partial charge in [-0.2, -0.15) is 13.3 Å². The molecule has 0 aromatic rings. The first-order valence-corrected chi connectivity index (χ1v) is 8.07. The zero-order valence-electron chi connectivity index (χ0n) is 11.3. The second-order valence-electron chi connectivity index (χ2n) is 5.33. The molecule has 0 aliphatic heterocycles. The van der Waals surface area contributed by atoms with E-state index in [0.29, 0.717) is 11.1 Å². The van der Waals surface area contributed by atoms with Gasteiger partial charge < -0.3 is 10.8 Å². The van der Waals surface area contributed by atoms with Crippen molar-refractivity contribution < 1.29 is 23.3 Å². The number of hydrogen-bond donors (Lipinski definition) is 0. The Morgan fingerprint density at radius 2 is 1.71 bits per heavy atom. The molecule has 0 N–H and O–H groups in total. The largest absolute Gasteiger partial charge is 1.00 e. The predicted molar refractivity (Wildman–Crippen MR) is 62.3 cm³/mol. The van der Waals surface area contributed by atoms with Crippen molar-refractivity contribution in [3.8, 4) is 0 Å². The summed E-state index contributed by atoms with van der Waals surface area (Å²) in [6.07, 6.45) is 3.62. The maximum atomic E-state index is 6.15. The van der Waals surface area contributed by atoms with E-state index in [4.69, 9.17) is 4.43 Å². The van der Waals surface area contributed by atoms with Gasteiger partial charge in [0.25, 0.3) is 0 Å². The number of hydrogen-bond acceptors (Lipinski definition) is 1. The summed E-state index contributed by atoms with van der Waals surface area (Å²) in [4.78, 5) is 0. The van der Waals surface area contributed by atoms with Crippen molar-refractivity contribution in [1.82, 2.24) is 0 Å². The molecule has 0 aliphatic carbocycles. The van der Waals surface area contributed by atoms with Crippen molar-refractivity contribution in [2.75, 3.05) is 0 Å². The van der Waals surface area contributed by atoms with Gasteiger partial charge in [-0.15, -0.1) is 0 Å². The minimum absolute atomic E-state index is 0. The third-order valence-corrected chi connectivity index (χ3v) is 7.47. The van der Waals surface area contributed by atoms with E-state index in [1.807, 2.05) is 0 Å². The van der Waals surface area contributed by atoms with Crippen LogP contribution in [0.15, 0.2) is 0 Å². The molecule has 0 fully saturated rings. The summed E-state index contributed by atoms with van der Waals surface area (Å²) in [5, 5.41) is 0.328. The van der Waals surface area contributed by atoms with E-state index in [-0.39, 0.29) is 18.9 Å². The molecule has 0 heterocycles. The minimum Gasteiger partial charge on any atom is -0.417 e. The topological polar surface area (TPSA) is 9.23 Å². The first-order valence-electron chi connectivity index (χ1n) is 5.16. The van der Waals surface area contributed by atoms with Gasteiger partial charge in [0, 0.05) is 6.10 Å². The maximum absolute atomic E-state index is 6.15. The van der Waals surface area contributed by atoms with E-state index in [1.54, 1.807) is 0 Å². The van der Waals surface area contributed by atoms with Crippen LogP contribution in [0, 0.1) is 6.42 Å². The normalized spacial score (nSPS) is 14.8. The van der Waals surface area contributed by atoms with Crippen LogP contribution in [0.1, 0.15) is 41.0 Å². The van der Waals surface area contributed by atoms with Crippen molar-refractivity contribution in [3.63, 3.8) is 0 Å². The molecule has 14 heavy (non-hydrogen) atoms. The average molecular weight is 208 g/mol. The average Bonchev–Trinajstić information content (AvgIpc) is 1.83. The van der Waals surface area contributed by atoms with Crippen LogP contribution in [0.4, 0.5) is 0 Å². The Morgan fingerprint density at radius 3 is 2.00 bits per heavy atom. The molecule has 0 amide bonds. The Balaban J connectivity index is 0. The summed E-state index contributed by atoms with van der Waals surface area (Å²) >= 11 is 0. The molecular formula is C11H25LiOSi. The molecule has 0 aromatic heterocycles. The fraction of sp³-hybridized carbons (Fsp3) is 0.909. The second-order valence-corrected chi connectivity index (χ2v) is 10.1. The Bertz CT molecular complexity index is 152. The summed E-state index contributed by atoms with van der Waals surface area (Å²) in [5.74, 6) is 0.